The number of fused-ring (bicyclic) bond motifs is 1. The van der Waals surface area contributed by atoms with Gasteiger partial charge in [-0.25, -0.2) is 9.98 Å². The number of pyridine rings is 1. The molecule has 0 N–H and O–H groups in total. The molecule has 0 unspecified atom stereocenters. The number of rotatable bonds is 4. The number of unbranched alkanes of at least 4 members (excludes halogenated alkanes) is 2. The van der Waals surface area contributed by atoms with E-state index >= 15 is 0 Å². The van der Waals surface area contributed by atoms with Gasteiger partial charge >= 0.3 is 0 Å². The van der Waals surface area contributed by atoms with Gasteiger partial charge in [-0.1, -0.05) is 19.8 Å². The summed E-state index contributed by atoms with van der Waals surface area (Å²) in [6, 6.07) is 3.59. The molecule has 16 heavy (non-hydrogen) atoms. The summed E-state index contributed by atoms with van der Waals surface area (Å²) in [5, 5.41) is 0. The molecule has 84 valence electrons. The fourth-order valence-electron chi connectivity index (χ4n) is 1.90. The van der Waals surface area contributed by atoms with Gasteiger partial charge in [0.05, 0.1) is 5.56 Å². The zero-order valence-corrected chi connectivity index (χ0v) is 9.57. The van der Waals surface area contributed by atoms with Gasteiger partial charge in [-0.3, -0.25) is 4.79 Å². The molecule has 0 aliphatic carbocycles. The Bertz CT molecular complexity index is 424. The van der Waals surface area contributed by atoms with Crippen molar-refractivity contribution in [3.63, 3.8) is 0 Å². The van der Waals surface area contributed by atoms with Gasteiger partial charge in [0.15, 0.2) is 11.6 Å². The van der Waals surface area contributed by atoms with Gasteiger partial charge in [0.1, 0.15) is 0 Å². The van der Waals surface area contributed by atoms with Crippen LogP contribution in [0.4, 0.5) is 5.82 Å². The molecule has 0 aromatic carbocycles. The summed E-state index contributed by atoms with van der Waals surface area (Å²) in [5.41, 5.74) is 1.66. The average Bonchev–Trinajstić information content (AvgIpc) is 2.30. The van der Waals surface area contributed by atoms with Crippen molar-refractivity contribution < 1.29 is 4.79 Å². The van der Waals surface area contributed by atoms with Crippen molar-refractivity contribution in [2.45, 2.75) is 39.0 Å². The van der Waals surface area contributed by atoms with E-state index in [0.29, 0.717) is 17.8 Å². The summed E-state index contributed by atoms with van der Waals surface area (Å²) in [4.78, 5) is 20.4. The summed E-state index contributed by atoms with van der Waals surface area (Å²) >= 11 is 0. The molecule has 0 bridgehead atoms. The Balaban J connectivity index is 2.13. The van der Waals surface area contributed by atoms with Crippen LogP contribution in [0.15, 0.2) is 23.3 Å². The molecule has 2 heterocycles. The van der Waals surface area contributed by atoms with Crippen molar-refractivity contribution in [3.8, 4) is 0 Å². The summed E-state index contributed by atoms with van der Waals surface area (Å²) in [5.74, 6) is 0.759. The molecule has 1 aliphatic heterocycles. The van der Waals surface area contributed by atoms with Gasteiger partial charge in [0.2, 0.25) is 0 Å². The van der Waals surface area contributed by atoms with Crippen LogP contribution < -0.4 is 0 Å². The third-order valence-electron chi connectivity index (χ3n) is 2.78. The highest BCUT2D eigenvalue weighted by atomic mass is 16.1. The first-order valence-corrected chi connectivity index (χ1v) is 5.86. The smallest absolute Gasteiger partial charge is 0.172 e. The van der Waals surface area contributed by atoms with Crippen molar-refractivity contribution in [3.05, 3.63) is 23.9 Å². The second-order valence-electron chi connectivity index (χ2n) is 4.11. The topological polar surface area (TPSA) is 42.3 Å². The van der Waals surface area contributed by atoms with E-state index in [9.17, 15) is 4.79 Å². The lowest BCUT2D eigenvalue weighted by molar-refractivity contribution is 0.0999. The number of aliphatic imine (C=N–C) groups is 1. The van der Waals surface area contributed by atoms with Crippen molar-refractivity contribution in [1.82, 2.24) is 4.98 Å². The number of Topliss-reactive ketones (excluding diaryl/α,β-unsaturated/α-hetero) is 1. The Morgan fingerprint density at radius 3 is 3.06 bits per heavy atom. The Labute approximate surface area is 95.6 Å². The molecule has 0 fully saturated rings. The lowest BCUT2D eigenvalue weighted by atomic mass is 9.99. The minimum atomic E-state index is 0.157. The van der Waals surface area contributed by atoms with E-state index in [4.69, 9.17) is 0 Å². The number of nitrogens with zero attached hydrogens (tertiary/aromatic N) is 2. The zero-order chi connectivity index (χ0) is 11.4. The van der Waals surface area contributed by atoms with E-state index in [-0.39, 0.29) is 5.78 Å². The van der Waals surface area contributed by atoms with E-state index in [1.165, 1.54) is 12.8 Å². The van der Waals surface area contributed by atoms with Crippen molar-refractivity contribution >= 4 is 17.3 Å². The van der Waals surface area contributed by atoms with Gasteiger partial charge in [-0.2, -0.15) is 0 Å². The fraction of sp³-hybridized carbons (Fsp3) is 0.462. The highest BCUT2D eigenvalue weighted by Crippen LogP contribution is 2.24. The van der Waals surface area contributed by atoms with Crippen LogP contribution >= 0.6 is 0 Å². The van der Waals surface area contributed by atoms with Crippen LogP contribution in [0.1, 0.15) is 49.4 Å². The maximum Gasteiger partial charge on any atom is 0.172 e. The molecule has 0 saturated carbocycles. The second-order valence-corrected chi connectivity index (χ2v) is 4.11. The molecule has 1 aliphatic rings. The van der Waals surface area contributed by atoms with E-state index in [1.807, 2.05) is 0 Å². The Hall–Kier alpha value is -1.51. The number of hydrogen-bond donors (Lipinski definition) is 0. The van der Waals surface area contributed by atoms with Crippen LogP contribution in [0.5, 0.6) is 0 Å². The third-order valence-corrected chi connectivity index (χ3v) is 2.78. The number of ketones is 1. The Morgan fingerprint density at radius 1 is 1.38 bits per heavy atom. The van der Waals surface area contributed by atoms with Crippen LogP contribution in [-0.2, 0) is 0 Å². The Kier molecular flexibility index (Phi) is 3.44. The number of hydrogen-bond acceptors (Lipinski definition) is 3. The molecule has 0 saturated heterocycles. The number of aromatic nitrogens is 1. The Morgan fingerprint density at radius 2 is 2.25 bits per heavy atom. The van der Waals surface area contributed by atoms with E-state index < -0.39 is 0 Å². The summed E-state index contributed by atoms with van der Waals surface area (Å²) in [6.45, 7) is 2.17. The molecule has 0 amide bonds. The first kappa shape index (κ1) is 11.0. The predicted octanol–water partition coefficient (Wildman–Crippen LogP) is 3.32. The lowest BCUT2D eigenvalue weighted by Gasteiger charge is -2.13. The minimum Gasteiger partial charge on any atom is -0.294 e. The lowest BCUT2D eigenvalue weighted by Crippen LogP contribution is -2.13. The molecular formula is C13H16N2O. The zero-order valence-electron chi connectivity index (χ0n) is 9.57. The molecule has 1 aromatic rings. The minimum absolute atomic E-state index is 0.157. The van der Waals surface area contributed by atoms with Gasteiger partial charge < -0.3 is 0 Å². The second kappa shape index (κ2) is 5.01. The van der Waals surface area contributed by atoms with Crippen molar-refractivity contribution in [2.24, 2.45) is 4.99 Å². The van der Waals surface area contributed by atoms with Crippen LogP contribution in [0.2, 0.25) is 0 Å². The maximum absolute atomic E-state index is 11.8. The summed E-state index contributed by atoms with van der Waals surface area (Å²) < 4.78 is 0. The number of carbonyl (C=O) groups is 1. The molecule has 0 radical (unpaired) electrons. The molecule has 1 aromatic heterocycles. The van der Waals surface area contributed by atoms with Gasteiger partial charge in [0.25, 0.3) is 0 Å². The van der Waals surface area contributed by atoms with E-state index in [1.54, 1.807) is 18.3 Å². The molecule has 3 nitrogen and oxygen atoms in total. The monoisotopic (exact) mass is 216 g/mol. The van der Waals surface area contributed by atoms with Crippen LogP contribution in [0.3, 0.4) is 0 Å². The molecule has 0 atom stereocenters. The highest BCUT2D eigenvalue weighted by molar-refractivity contribution is 6.15. The largest absolute Gasteiger partial charge is 0.294 e. The standard InChI is InChI=1S/C13H16N2O/c1-2-3-4-6-10-9-12(16)11-7-5-8-14-13(11)15-10/h5,7-8H,2-4,6,9H2,1H3. The quantitative estimate of drug-likeness (QED) is 0.724. The first-order chi connectivity index (χ1) is 7.81. The molecule has 3 heteroatoms. The van der Waals surface area contributed by atoms with Crippen LogP contribution in [0, 0.1) is 0 Å². The number of carbonyl (C=O) groups excluding carboxylic acids is 1. The van der Waals surface area contributed by atoms with Crippen LogP contribution in [-0.4, -0.2) is 16.5 Å². The molecule has 0 spiro atoms. The SMILES string of the molecule is CCCCCC1=Nc2ncccc2C(=O)C1. The average molecular weight is 216 g/mol. The fourth-order valence-corrected chi connectivity index (χ4v) is 1.90. The summed E-state index contributed by atoms with van der Waals surface area (Å²) in [7, 11) is 0. The van der Waals surface area contributed by atoms with E-state index in [0.717, 1.165) is 18.6 Å². The summed E-state index contributed by atoms with van der Waals surface area (Å²) in [6.07, 6.45) is 6.59. The molecular weight excluding hydrogens is 200 g/mol. The van der Waals surface area contributed by atoms with Gasteiger partial charge in [0, 0.05) is 18.3 Å². The highest BCUT2D eigenvalue weighted by Gasteiger charge is 2.19. The molecule has 2 rings (SSSR count). The van der Waals surface area contributed by atoms with Gasteiger partial charge in [-0.15, -0.1) is 0 Å². The normalized spacial score (nSPS) is 14.6. The maximum atomic E-state index is 11.8. The van der Waals surface area contributed by atoms with Crippen molar-refractivity contribution in [2.75, 3.05) is 0 Å². The van der Waals surface area contributed by atoms with E-state index in [2.05, 4.69) is 16.9 Å². The van der Waals surface area contributed by atoms with Crippen LogP contribution in [0.25, 0.3) is 0 Å². The van der Waals surface area contributed by atoms with Crippen molar-refractivity contribution in [1.29, 1.82) is 0 Å². The predicted molar refractivity (Wildman–Crippen MR) is 64.4 cm³/mol. The third kappa shape index (κ3) is 2.35. The van der Waals surface area contributed by atoms with Gasteiger partial charge in [-0.05, 0) is 25.0 Å². The first-order valence-electron chi connectivity index (χ1n) is 5.86.